The van der Waals surface area contributed by atoms with Crippen molar-refractivity contribution < 1.29 is 28.6 Å². The van der Waals surface area contributed by atoms with Gasteiger partial charge in [0.1, 0.15) is 13.2 Å². The van der Waals surface area contributed by atoms with Crippen LogP contribution >= 0.6 is 0 Å². The summed E-state index contributed by atoms with van der Waals surface area (Å²) in [5, 5.41) is 0. The van der Waals surface area contributed by atoms with Gasteiger partial charge in [0.25, 0.3) is 0 Å². The Morgan fingerprint density at radius 2 is 0.557 bits per heavy atom. The van der Waals surface area contributed by atoms with Gasteiger partial charge in [0.15, 0.2) is 6.10 Å². The zero-order valence-corrected chi connectivity index (χ0v) is 44.5. The van der Waals surface area contributed by atoms with Gasteiger partial charge in [-0.25, -0.2) is 0 Å². The first-order valence-electron chi connectivity index (χ1n) is 27.5. The van der Waals surface area contributed by atoms with Crippen LogP contribution in [0.25, 0.3) is 0 Å². The van der Waals surface area contributed by atoms with Crippen LogP contribution in [-0.2, 0) is 28.6 Å². The van der Waals surface area contributed by atoms with Gasteiger partial charge in [0.2, 0.25) is 0 Å². The van der Waals surface area contributed by atoms with Crippen molar-refractivity contribution in [3.05, 3.63) is 158 Å². The van der Waals surface area contributed by atoms with Gasteiger partial charge in [-0.2, -0.15) is 0 Å². The van der Waals surface area contributed by atoms with Crippen LogP contribution in [0.15, 0.2) is 158 Å². The van der Waals surface area contributed by atoms with Crippen LogP contribution in [0.1, 0.15) is 207 Å². The summed E-state index contributed by atoms with van der Waals surface area (Å²) >= 11 is 0. The second-order valence-corrected chi connectivity index (χ2v) is 17.4. The second-order valence-electron chi connectivity index (χ2n) is 17.4. The van der Waals surface area contributed by atoms with Crippen molar-refractivity contribution in [2.24, 2.45) is 0 Å². The highest BCUT2D eigenvalue weighted by atomic mass is 16.6. The zero-order valence-electron chi connectivity index (χ0n) is 44.5. The molecule has 0 bridgehead atoms. The second kappa shape index (κ2) is 56.6. The molecule has 0 amide bonds. The molecule has 0 fully saturated rings. The number of hydrogen-bond acceptors (Lipinski definition) is 6. The van der Waals surface area contributed by atoms with Crippen LogP contribution in [0.3, 0.4) is 0 Å². The van der Waals surface area contributed by atoms with Crippen LogP contribution in [0.2, 0.25) is 0 Å². The Morgan fingerprint density at radius 3 is 0.900 bits per heavy atom. The van der Waals surface area contributed by atoms with E-state index in [1.54, 1.807) is 0 Å². The van der Waals surface area contributed by atoms with Gasteiger partial charge in [0, 0.05) is 19.3 Å². The van der Waals surface area contributed by atoms with Gasteiger partial charge < -0.3 is 14.2 Å². The van der Waals surface area contributed by atoms with E-state index in [0.29, 0.717) is 19.3 Å². The molecule has 0 saturated heterocycles. The first-order chi connectivity index (χ1) is 34.5. The first-order valence-corrected chi connectivity index (χ1v) is 27.5. The molecule has 0 aliphatic heterocycles. The van der Waals surface area contributed by atoms with E-state index in [9.17, 15) is 14.4 Å². The van der Waals surface area contributed by atoms with Crippen LogP contribution in [0.5, 0.6) is 0 Å². The average molecular weight is 963 g/mol. The van der Waals surface area contributed by atoms with E-state index in [4.69, 9.17) is 14.2 Å². The minimum Gasteiger partial charge on any atom is -0.462 e. The van der Waals surface area contributed by atoms with Crippen LogP contribution in [-0.4, -0.2) is 37.2 Å². The van der Waals surface area contributed by atoms with Crippen LogP contribution in [0, 0.1) is 0 Å². The first kappa shape index (κ1) is 65.0. The molecule has 1 atom stereocenters. The van der Waals surface area contributed by atoms with Gasteiger partial charge in [-0.05, 0) is 128 Å². The molecule has 6 heteroatoms. The number of hydrogen-bond donors (Lipinski definition) is 0. The van der Waals surface area contributed by atoms with E-state index in [2.05, 4.69) is 179 Å². The Kier molecular flexibility index (Phi) is 52.6. The Balaban J connectivity index is 4.37. The number of rotatable bonds is 47. The molecule has 0 radical (unpaired) electrons. The number of carbonyl (C=O) groups is 3. The lowest BCUT2D eigenvalue weighted by Crippen LogP contribution is -2.30. The Hall–Kier alpha value is -4.97. The molecule has 0 aromatic rings. The quantitative estimate of drug-likeness (QED) is 0.0262. The van der Waals surface area contributed by atoms with E-state index >= 15 is 0 Å². The molecule has 0 saturated carbocycles. The van der Waals surface area contributed by atoms with Crippen LogP contribution in [0.4, 0.5) is 0 Å². The summed E-state index contributed by atoms with van der Waals surface area (Å²) in [5.41, 5.74) is 0. The topological polar surface area (TPSA) is 78.9 Å². The number of unbranched alkanes of at least 4 members (excludes halogenated alkanes) is 10. The highest BCUT2D eigenvalue weighted by Crippen LogP contribution is 2.11. The molecule has 0 heterocycles. The fourth-order valence-electron chi connectivity index (χ4n) is 6.72. The van der Waals surface area contributed by atoms with Crippen molar-refractivity contribution in [1.29, 1.82) is 0 Å². The van der Waals surface area contributed by atoms with Crippen molar-refractivity contribution >= 4 is 17.9 Å². The number of carbonyl (C=O) groups excluding carboxylic acids is 3. The normalized spacial score (nSPS) is 13.4. The van der Waals surface area contributed by atoms with E-state index in [1.807, 2.05) is 0 Å². The number of allylic oxidation sites excluding steroid dienone is 26. The molecule has 0 rings (SSSR count). The molecule has 0 N–H and O–H groups in total. The Morgan fingerprint density at radius 1 is 0.300 bits per heavy atom. The molecule has 0 aromatic heterocycles. The molecule has 390 valence electrons. The van der Waals surface area contributed by atoms with Gasteiger partial charge in [-0.1, -0.05) is 217 Å². The van der Waals surface area contributed by atoms with Crippen molar-refractivity contribution in [1.82, 2.24) is 0 Å². The standard InChI is InChI=1S/C64H98O6/c1-4-7-10-13-16-18-20-22-24-26-28-30-31-32-33-35-36-38-40-42-44-46-48-51-54-57-63(66)69-60-61(59-68-62(65)56-53-50-15-12-9-6-3)70-64(67)58-55-52-49-47-45-43-41-39-37-34-29-27-25-23-21-19-17-14-11-8-5-2/h7-8,10-11,16-19,22-25,28-30,32-34,36,38-39,41-42,44-45,47,61H,4-6,9,12-15,20-21,26-27,31,35,37,40,43,46,48-60H2,1-3H3/b10-7-,11-8-,18-16-,19-17-,24-22-,25-23-,30-28-,33-32-,34-29-,38-36-,41-39-,44-42-,47-45-. The molecular formula is C64H98O6. The third-order valence-corrected chi connectivity index (χ3v) is 10.8. The van der Waals surface area contributed by atoms with Gasteiger partial charge in [-0.15, -0.1) is 0 Å². The summed E-state index contributed by atoms with van der Waals surface area (Å²) < 4.78 is 16.7. The maximum absolute atomic E-state index is 12.8. The molecule has 1 unspecified atom stereocenters. The van der Waals surface area contributed by atoms with E-state index in [1.165, 1.54) is 19.3 Å². The summed E-state index contributed by atoms with van der Waals surface area (Å²) in [6, 6.07) is 0. The van der Waals surface area contributed by atoms with Gasteiger partial charge in [-0.3, -0.25) is 14.4 Å². The minimum atomic E-state index is -0.820. The molecule has 0 aliphatic carbocycles. The molecule has 0 spiro atoms. The molecule has 0 aliphatic rings. The molecule has 70 heavy (non-hydrogen) atoms. The van der Waals surface area contributed by atoms with Gasteiger partial charge in [0.05, 0.1) is 0 Å². The summed E-state index contributed by atoms with van der Waals surface area (Å²) in [7, 11) is 0. The summed E-state index contributed by atoms with van der Waals surface area (Å²) in [6.45, 7) is 6.26. The predicted molar refractivity (Wildman–Crippen MR) is 302 cm³/mol. The van der Waals surface area contributed by atoms with Crippen molar-refractivity contribution in [2.45, 2.75) is 213 Å². The van der Waals surface area contributed by atoms with E-state index < -0.39 is 6.10 Å². The van der Waals surface area contributed by atoms with Crippen molar-refractivity contribution in [3.63, 3.8) is 0 Å². The Labute approximate surface area is 429 Å². The van der Waals surface area contributed by atoms with E-state index in [0.717, 1.165) is 141 Å². The average Bonchev–Trinajstić information content (AvgIpc) is 3.36. The van der Waals surface area contributed by atoms with Crippen LogP contribution < -0.4 is 0 Å². The third kappa shape index (κ3) is 54.0. The van der Waals surface area contributed by atoms with E-state index in [-0.39, 0.29) is 37.5 Å². The number of esters is 3. The lowest BCUT2D eigenvalue weighted by molar-refractivity contribution is -0.167. The van der Waals surface area contributed by atoms with Gasteiger partial charge >= 0.3 is 17.9 Å². The third-order valence-electron chi connectivity index (χ3n) is 10.8. The molecule has 6 nitrogen and oxygen atoms in total. The van der Waals surface area contributed by atoms with Crippen molar-refractivity contribution in [3.8, 4) is 0 Å². The highest BCUT2D eigenvalue weighted by Gasteiger charge is 2.19. The number of ether oxygens (including phenoxy) is 3. The SMILES string of the molecule is CC/C=C\C/C=C\C/C=C\C/C=C\C/C=C\C/C=C\C/C=C\CCCCCC(=O)OCC(COC(=O)CCCCCCCC)OC(=O)CCCC/C=C\C/C=C\C/C=C\C/C=C\C/C=C\C/C=C\CC. The minimum absolute atomic E-state index is 0.114. The predicted octanol–water partition coefficient (Wildman–Crippen LogP) is 18.6. The smallest absolute Gasteiger partial charge is 0.306 e. The fraction of sp³-hybridized carbons (Fsp3) is 0.547. The monoisotopic (exact) mass is 963 g/mol. The highest BCUT2D eigenvalue weighted by molar-refractivity contribution is 5.71. The summed E-state index contributed by atoms with van der Waals surface area (Å²) in [4.78, 5) is 37.8. The molecular weight excluding hydrogens is 865 g/mol. The molecule has 0 aromatic carbocycles. The lowest BCUT2D eigenvalue weighted by atomic mass is 10.1. The summed E-state index contributed by atoms with van der Waals surface area (Å²) in [6.07, 6.45) is 82.6. The Bertz CT molecular complexity index is 1620. The maximum Gasteiger partial charge on any atom is 0.306 e. The maximum atomic E-state index is 12.8. The summed E-state index contributed by atoms with van der Waals surface area (Å²) in [5.74, 6) is -1.01. The van der Waals surface area contributed by atoms with Crippen molar-refractivity contribution in [2.75, 3.05) is 13.2 Å². The zero-order chi connectivity index (χ0) is 50.7. The largest absolute Gasteiger partial charge is 0.462 e. The fourth-order valence-corrected chi connectivity index (χ4v) is 6.72. The lowest BCUT2D eigenvalue weighted by Gasteiger charge is -2.18.